The summed E-state index contributed by atoms with van der Waals surface area (Å²) in [4.78, 5) is 10.8. The molecule has 0 aliphatic heterocycles. The first-order chi connectivity index (χ1) is 6.65. The number of benzene rings is 1. The molecule has 0 aliphatic carbocycles. The first-order valence-electron chi connectivity index (χ1n) is 3.98. The van der Waals surface area contributed by atoms with E-state index in [0.717, 1.165) is 0 Å². The zero-order chi connectivity index (χ0) is 10.6. The highest BCUT2D eigenvalue weighted by molar-refractivity contribution is 7.80. The predicted molar refractivity (Wildman–Crippen MR) is 54.3 cm³/mol. The molecular weight excluding hydrogens is 200 g/mol. The molecule has 0 unspecified atom stereocenters. The van der Waals surface area contributed by atoms with Gasteiger partial charge in [0.1, 0.15) is 0 Å². The molecule has 0 heterocycles. The quantitative estimate of drug-likeness (QED) is 0.471. The minimum Gasteiger partial charge on any atom is -0.258 e. The molecule has 1 aromatic rings. The highest BCUT2D eigenvalue weighted by atomic mass is 32.1. The minimum atomic E-state index is -0.445. The van der Waals surface area contributed by atoms with Crippen molar-refractivity contribution in [2.45, 2.75) is 17.7 Å². The van der Waals surface area contributed by atoms with Crippen molar-refractivity contribution in [2.75, 3.05) is 0 Å². The van der Waals surface area contributed by atoms with Crippen LogP contribution in [0.5, 0.6) is 0 Å². The van der Waals surface area contributed by atoms with Crippen molar-refractivity contribution >= 4 is 18.3 Å². The Morgan fingerprint density at radius 1 is 1.57 bits per heavy atom. The van der Waals surface area contributed by atoms with Gasteiger partial charge < -0.3 is 0 Å². The number of hydrogen-bond donors (Lipinski definition) is 1. The van der Waals surface area contributed by atoms with E-state index >= 15 is 0 Å². The number of aryl methyl sites for hydroxylation is 1. The van der Waals surface area contributed by atoms with Crippen molar-refractivity contribution in [3.63, 3.8) is 0 Å². The topological polar surface area (TPSA) is 66.9 Å². The number of nitro benzene ring substituents is 1. The molecule has 0 spiro atoms. The summed E-state index contributed by atoms with van der Waals surface area (Å²) in [7, 11) is 0. The first kappa shape index (κ1) is 10.5. The number of nitriles is 1. The van der Waals surface area contributed by atoms with Crippen LogP contribution < -0.4 is 0 Å². The predicted octanol–water partition coefficient (Wildman–Crippen LogP) is 2.34. The molecule has 4 nitrogen and oxygen atoms in total. The van der Waals surface area contributed by atoms with Crippen molar-refractivity contribution in [3.05, 3.63) is 33.9 Å². The summed E-state index contributed by atoms with van der Waals surface area (Å²) in [6.45, 7) is 0. The molecule has 72 valence electrons. The second kappa shape index (κ2) is 4.63. The molecule has 0 atom stereocenters. The molecule has 0 aromatic heterocycles. The average molecular weight is 208 g/mol. The third-order valence-corrected chi connectivity index (χ3v) is 2.04. The van der Waals surface area contributed by atoms with E-state index in [-0.39, 0.29) is 12.1 Å². The van der Waals surface area contributed by atoms with Crippen LogP contribution in [-0.2, 0) is 6.42 Å². The Morgan fingerprint density at radius 3 is 2.86 bits per heavy atom. The van der Waals surface area contributed by atoms with Gasteiger partial charge in [-0.3, -0.25) is 10.1 Å². The Kier molecular flexibility index (Phi) is 3.48. The van der Waals surface area contributed by atoms with Crippen LogP contribution in [0.2, 0.25) is 0 Å². The van der Waals surface area contributed by atoms with E-state index in [9.17, 15) is 10.1 Å². The maximum Gasteiger partial charge on any atom is 0.272 e. The van der Waals surface area contributed by atoms with Crippen LogP contribution in [0, 0.1) is 21.4 Å². The van der Waals surface area contributed by atoms with Gasteiger partial charge in [0.05, 0.1) is 11.0 Å². The van der Waals surface area contributed by atoms with Crippen LogP contribution in [0.15, 0.2) is 23.1 Å². The lowest BCUT2D eigenvalue weighted by atomic mass is 10.1. The van der Waals surface area contributed by atoms with Crippen LogP contribution in [0.3, 0.4) is 0 Å². The van der Waals surface area contributed by atoms with Gasteiger partial charge in [-0.25, -0.2) is 0 Å². The summed E-state index contributed by atoms with van der Waals surface area (Å²) >= 11 is 4.09. The molecule has 0 bridgehead atoms. The van der Waals surface area contributed by atoms with E-state index in [1.165, 1.54) is 6.07 Å². The van der Waals surface area contributed by atoms with Gasteiger partial charge in [-0.05, 0) is 18.6 Å². The molecule has 0 radical (unpaired) electrons. The number of hydrogen-bond acceptors (Lipinski definition) is 4. The summed E-state index contributed by atoms with van der Waals surface area (Å²) in [5.41, 5.74) is 0.613. The lowest BCUT2D eigenvalue weighted by Gasteiger charge is -2.00. The second-order valence-corrected chi connectivity index (χ2v) is 3.24. The van der Waals surface area contributed by atoms with Crippen molar-refractivity contribution < 1.29 is 4.92 Å². The second-order valence-electron chi connectivity index (χ2n) is 2.73. The largest absolute Gasteiger partial charge is 0.272 e. The highest BCUT2D eigenvalue weighted by Crippen LogP contribution is 2.22. The van der Waals surface area contributed by atoms with Crippen molar-refractivity contribution in [3.8, 4) is 6.07 Å². The molecule has 1 rings (SSSR count). The van der Waals surface area contributed by atoms with E-state index in [4.69, 9.17) is 5.26 Å². The Balaban J connectivity index is 3.04. The standard InChI is InChI=1S/C9H8N2O2S/c10-5-1-2-7-6-8(14)3-4-9(7)11(12)13/h3-4,6,14H,1-2H2. The zero-order valence-corrected chi connectivity index (χ0v) is 8.20. The Morgan fingerprint density at radius 2 is 2.29 bits per heavy atom. The summed E-state index contributed by atoms with van der Waals surface area (Å²) in [5, 5.41) is 19.0. The van der Waals surface area contributed by atoms with Crippen LogP contribution in [-0.4, -0.2) is 4.92 Å². The van der Waals surface area contributed by atoms with Gasteiger partial charge in [0.15, 0.2) is 0 Å². The monoisotopic (exact) mass is 208 g/mol. The fraction of sp³-hybridized carbons (Fsp3) is 0.222. The molecular formula is C9H8N2O2S. The van der Waals surface area contributed by atoms with Crippen LogP contribution >= 0.6 is 12.6 Å². The van der Waals surface area contributed by atoms with Crippen LogP contribution in [0.25, 0.3) is 0 Å². The lowest BCUT2D eigenvalue weighted by molar-refractivity contribution is -0.385. The zero-order valence-electron chi connectivity index (χ0n) is 7.30. The normalized spacial score (nSPS) is 9.43. The number of thiol groups is 1. The van der Waals surface area contributed by atoms with E-state index in [0.29, 0.717) is 16.9 Å². The summed E-state index contributed by atoms with van der Waals surface area (Å²) in [6.07, 6.45) is 0.666. The van der Waals surface area contributed by atoms with Crippen molar-refractivity contribution in [1.82, 2.24) is 0 Å². The number of nitro groups is 1. The molecule has 5 heteroatoms. The van der Waals surface area contributed by atoms with Crippen LogP contribution in [0.1, 0.15) is 12.0 Å². The maximum atomic E-state index is 10.6. The van der Waals surface area contributed by atoms with Crippen molar-refractivity contribution in [2.24, 2.45) is 0 Å². The maximum absolute atomic E-state index is 10.6. The molecule has 0 saturated heterocycles. The van der Waals surface area contributed by atoms with E-state index < -0.39 is 4.92 Å². The summed E-state index contributed by atoms with van der Waals surface area (Å²) in [6, 6.07) is 6.56. The summed E-state index contributed by atoms with van der Waals surface area (Å²) < 4.78 is 0. The van der Waals surface area contributed by atoms with Gasteiger partial charge in [-0.1, -0.05) is 0 Å². The lowest BCUT2D eigenvalue weighted by Crippen LogP contribution is -1.95. The molecule has 0 aliphatic rings. The van der Waals surface area contributed by atoms with Crippen LogP contribution in [0.4, 0.5) is 5.69 Å². The Labute approximate surface area is 86.7 Å². The average Bonchev–Trinajstić information content (AvgIpc) is 2.14. The molecule has 14 heavy (non-hydrogen) atoms. The van der Waals surface area contributed by atoms with Gasteiger partial charge in [-0.2, -0.15) is 5.26 Å². The van der Waals surface area contributed by atoms with Gasteiger partial charge in [0.2, 0.25) is 0 Å². The highest BCUT2D eigenvalue weighted by Gasteiger charge is 2.12. The fourth-order valence-corrected chi connectivity index (χ4v) is 1.37. The SMILES string of the molecule is N#CCCc1cc(S)ccc1[N+](=O)[O-]. The molecule has 1 aromatic carbocycles. The third-order valence-electron chi connectivity index (χ3n) is 1.77. The molecule has 0 N–H and O–H groups in total. The van der Waals surface area contributed by atoms with E-state index in [2.05, 4.69) is 12.6 Å². The van der Waals surface area contributed by atoms with Crippen molar-refractivity contribution in [1.29, 1.82) is 5.26 Å². The molecule has 0 amide bonds. The molecule has 0 saturated carbocycles. The Hall–Kier alpha value is -1.54. The number of rotatable bonds is 3. The van der Waals surface area contributed by atoms with Gasteiger partial charge in [0, 0.05) is 22.9 Å². The fourth-order valence-electron chi connectivity index (χ4n) is 1.14. The third kappa shape index (κ3) is 2.47. The summed E-state index contributed by atoms with van der Waals surface area (Å²) in [5.74, 6) is 0. The van der Waals surface area contributed by atoms with E-state index in [1.54, 1.807) is 12.1 Å². The molecule has 0 fully saturated rings. The van der Waals surface area contributed by atoms with Gasteiger partial charge in [-0.15, -0.1) is 12.6 Å². The van der Waals surface area contributed by atoms with Gasteiger partial charge in [0.25, 0.3) is 5.69 Å². The smallest absolute Gasteiger partial charge is 0.258 e. The van der Waals surface area contributed by atoms with Gasteiger partial charge >= 0.3 is 0 Å². The number of nitrogens with zero attached hydrogens (tertiary/aromatic N) is 2. The Bertz CT molecular complexity index is 398. The first-order valence-corrected chi connectivity index (χ1v) is 4.43. The minimum absolute atomic E-state index is 0.0538. The van der Waals surface area contributed by atoms with E-state index in [1.807, 2.05) is 6.07 Å².